The Morgan fingerprint density at radius 2 is 1.90 bits per heavy atom. The topological polar surface area (TPSA) is 66.1 Å². The molecule has 3 aliphatic rings. The van der Waals surface area contributed by atoms with Crippen LogP contribution < -0.4 is 10.2 Å². The zero-order valence-electron chi connectivity index (χ0n) is 19.3. The van der Waals surface area contributed by atoms with Crippen molar-refractivity contribution in [3.05, 3.63) is 11.3 Å². The molecule has 0 amide bonds. The number of alkyl halides is 2. The lowest BCUT2D eigenvalue weighted by atomic mass is 10.1. The number of fused-ring (bicyclic) bond motifs is 1. The summed E-state index contributed by atoms with van der Waals surface area (Å²) < 4.78 is 40.6. The minimum absolute atomic E-state index is 0.0184. The van der Waals surface area contributed by atoms with E-state index in [0.29, 0.717) is 49.3 Å². The van der Waals surface area contributed by atoms with Crippen molar-refractivity contribution in [3.63, 3.8) is 0 Å². The highest BCUT2D eigenvalue weighted by molar-refractivity contribution is 5.56. The molecule has 2 saturated heterocycles. The van der Waals surface area contributed by atoms with E-state index in [-0.39, 0.29) is 30.2 Å². The summed E-state index contributed by atoms with van der Waals surface area (Å²) in [5.41, 5.74) is 0.257. The number of halogens is 2. The highest BCUT2D eigenvalue weighted by Gasteiger charge is 2.48. The Hall–Kier alpha value is -1.58. The normalized spacial score (nSPS) is 25.7. The van der Waals surface area contributed by atoms with Gasteiger partial charge in [0, 0.05) is 44.7 Å². The summed E-state index contributed by atoms with van der Waals surface area (Å²) >= 11 is 0. The molecule has 0 aromatic carbocycles. The number of ether oxygens (including phenoxy) is 2. The minimum atomic E-state index is -2.89. The van der Waals surface area contributed by atoms with Gasteiger partial charge in [0.1, 0.15) is 11.5 Å². The van der Waals surface area contributed by atoms with Crippen molar-refractivity contribution in [1.29, 1.82) is 0 Å². The minimum Gasteiger partial charge on any atom is -0.354 e. The van der Waals surface area contributed by atoms with Crippen molar-refractivity contribution >= 4 is 11.8 Å². The van der Waals surface area contributed by atoms with E-state index in [4.69, 9.17) is 9.47 Å². The van der Waals surface area contributed by atoms with E-state index in [2.05, 4.69) is 38.9 Å². The van der Waals surface area contributed by atoms with E-state index >= 15 is 0 Å². The lowest BCUT2D eigenvalue weighted by molar-refractivity contribution is -0.0578. The van der Waals surface area contributed by atoms with Crippen LogP contribution in [0.3, 0.4) is 0 Å². The molecule has 2 atom stereocenters. The second-order valence-electron chi connectivity index (χ2n) is 10.2. The van der Waals surface area contributed by atoms with Crippen molar-refractivity contribution in [2.75, 3.05) is 42.9 Å². The fraction of sp³-hybridized carbons (Fsp3) is 0.818. The summed E-state index contributed by atoms with van der Waals surface area (Å²) in [6, 6.07) is 0. The molecule has 31 heavy (non-hydrogen) atoms. The highest BCUT2D eigenvalue weighted by Crippen LogP contribution is 2.44. The van der Waals surface area contributed by atoms with Crippen LogP contribution in [0.15, 0.2) is 0 Å². The first kappa shape index (κ1) is 22.6. The van der Waals surface area contributed by atoms with Crippen molar-refractivity contribution in [3.8, 4) is 0 Å². The van der Waals surface area contributed by atoms with Crippen molar-refractivity contribution < 1.29 is 18.3 Å². The fourth-order valence-corrected chi connectivity index (χ4v) is 4.19. The molecule has 0 spiro atoms. The molecule has 4 rings (SSSR count). The molecule has 174 valence electrons. The van der Waals surface area contributed by atoms with Crippen LogP contribution in [0, 0.1) is 5.92 Å². The van der Waals surface area contributed by atoms with Crippen LogP contribution in [0.25, 0.3) is 0 Å². The second kappa shape index (κ2) is 8.41. The van der Waals surface area contributed by atoms with Gasteiger partial charge in [0.2, 0.25) is 5.95 Å². The quantitative estimate of drug-likeness (QED) is 0.651. The van der Waals surface area contributed by atoms with Gasteiger partial charge >= 0.3 is 0 Å². The van der Waals surface area contributed by atoms with Crippen LogP contribution in [0.5, 0.6) is 0 Å². The van der Waals surface area contributed by atoms with Crippen LogP contribution in [0.4, 0.5) is 20.5 Å². The molecular formula is C22H35F2N5O2. The zero-order chi connectivity index (χ0) is 22.4. The van der Waals surface area contributed by atoms with E-state index in [0.717, 1.165) is 19.5 Å². The Kier molecular flexibility index (Phi) is 6.13. The van der Waals surface area contributed by atoms with Gasteiger partial charge in [0.05, 0.1) is 5.60 Å². The largest absolute Gasteiger partial charge is 0.354 e. The van der Waals surface area contributed by atoms with Gasteiger partial charge < -0.3 is 19.7 Å². The van der Waals surface area contributed by atoms with E-state index in [1.165, 1.54) is 0 Å². The van der Waals surface area contributed by atoms with Crippen LogP contribution in [0.1, 0.15) is 58.7 Å². The summed E-state index contributed by atoms with van der Waals surface area (Å²) in [6.45, 7) is 14.0. The van der Waals surface area contributed by atoms with Gasteiger partial charge in [-0.15, -0.1) is 0 Å². The Labute approximate surface area is 183 Å². The molecule has 1 aromatic rings. The predicted molar refractivity (Wildman–Crippen MR) is 115 cm³/mol. The molecule has 1 aliphatic carbocycles. The Balaban J connectivity index is 1.44. The monoisotopic (exact) mass is 439 g/mol. The Bertz CT molecular complexity index is 791. The standard InChI is InChI=1S/C22H35F2N5O2/c1-14(2)7-9-25-20-26-16-15(6-8-22(16,23)24)17(27-20)28-10-12-29(13-11-28)18-19(30-18)31-21(3,4)5/h14,18-19H,6-13H2,1-5H3,(H,25,26,27). The van der Waals surface area contributed by atoms with Gasteiger partial charge in [-0.25, -0.2) is 4.98 Å². The third-order valence-electron chi connectivity index (χ3n) is 5.90. The molecule has 9 heteroatoms. The van der Waals surface area contributed by atoms with Gasteiger partial charge in [-0.1, -0.05) is 13.8 Å². The third-order valence-corrected chi connectivity index (χ3v) is 5.90. The summed E-state index contributed by atoms with van der Waals surface area (Å²) in [5.74, 6) is -1.40. The smallest absolute Gasteiger partial charge is 0.290 e. The second-order valence-corrected chi connectivity index (χ2v) is 10.2. The number of epoxide rings is 1. The first-order valence-corrected chi connectivity index (χ1v) is 11.4. The number of aromatic nitrogens is 2. The first-order valence-electron chi connectivity index (χ1n) is 11.4. The molecule has 1 N–H and O–H groups in total. The molecule has 2 aliphatic heterocycles. The van der Waals surface area contributed by atoms with E-state index in [9.17, 15) is 8.78 Å². The van der Waals surface area contributed by atoms with Crippen LogP contribution in [-0.4, -0.2) is 65.7 Å². The number of hydrogen-bond acceptors (Lipinski definition) is 7. The lowest BCUT2D eigenvalue weighted by Gasteiger charge is -2.35. The molecular weight excluding hydrogens is 404 g/mol. The average molecular weight is 440 g/mol. The number of anilines is 2. The Morgan fingerprint density at radius 3 is 2.55 bits per heavy atom. The predicted octanol–water partition coefficient (Wildman–Crippen LogP) is 3.59. The molecule has 3 heterocycles. The number of rotatable bonds is 7. The fourth-order valence-electron chi connectivity index (χ4n) is 4.19. The van der Waals surface area contributed by atoms with Crippen LogP contribution in [-0.2, 0) is 21.8 Å². The van der Waals surface area contributed by atoms with Gasteiger partial charge in [-0.3, -0.25) is 4.90 Å². The average Bonchev–Trinajstić information content (AvgIpc) is 3.35. The van der Waals surface area contributed by atoms with Gasteiger partial charge in [0.15, 0.2) is 12.5 Å². The maximum absolute atomic E-state index is 14.5. The zero-order valence-corrected chi connectivity index (χ0v) is 19.3. The maximum Gasteiger partial charge on any atom is 0.290 e. The van der Waals surface area contributed by atoms with E-state index in [1.54, 1.807) is 0 Å². The molecule has 0 saturated carbocycles. The van der Waals surface area contributed by atoms with Crippen LogP contribution in [0.2, 0.25) is 0 Å². The summed E-state index contributed by atoms with van der Waals surface area (Å²) in [6.07, 6.45) is 0.850. The first-order chi connectivity index (χ1) is 14.5. The van der Waals surface area contributed by atoms with Crippen LogP contribution >= 0.6 is 0 Å². The summed E-state index contributed by atoms with van der Waals surface area (Å²) in [5, 5.41) is 3.16. The lowest BCUT2D eigenvalue weighted by Crippen LogP contribution is -2.48. The highest BCUT2D eigenvalue weighted by atomic mass is 19.3. The summed E-state index contributed by atoms with van der Waals surface area (Å²) in [4.78, 5) is 13.3. The third kappa shape index (κ3) is 5.26. The van der Waals surface area contributed by atoms with E-state index < -0.39 is 5.92 Å². The SMILES string of the molecule is CC(C)CCNc1nc(N2CCN(C3OC3OC(C)(C)C)CC2)c2c(n1)C(F)(F)CC2. The van der Waals surface area contributed by atoms with Crippen molar-refractivity contribution in [2.24, 2.45) is 5.92 Å². The maximum atomic E-state index is 14.5. The summed E-state index contributed by atoms with van der Waals surface area (Å²) in [7, 11) is 0. The van der Waals surface area contributed by atoms with Gasteiger partial charge in [0.25, 0.3) is 5.92 Å². The molecule has 2 fully saturated rings. The van der Waals surface area contributed by atoms with E-state index in [1.807, 2.05) is 20.8 Å². The number of piperazine rings is 1. The molecule has 0 bridgehead atoms. The van der Waals surface area contributed by atoms with Gasteiger partial charge in [-0.05, 0) is 39.5 Å². The number of nitrogens with zero attached hydrogens (tertiary/aromatic N) is 4. The number of nitrogens with one attached hydrogen (secondary N) is 1. The van der Waals surface area contributed by atoms with Crippen molar-refractivity contribution in [1.82, 2.24) is 14.9 Å². The molecule has 0 radical (unpaired) electrons. The molecule has 2 unspecified atom stereocenters. The molecule has 1 aromatic heterocycles. The number of hydrogen-bond donors (Lipinski definition) is 1. The Morgan fingerprint density at radius 1 is 1.19 bits per heavy atom. The van der Waals surface area contributed by atoms with Gasteiger partial charge in [-0.2, -0.15) is 13.8 Å². The molecule has 7 nitrogen and oxygen atoms in total. The van der Waals surface area contributed by atoms with Crippen molar-refractivity contribution in [2.45, 2.75) is 77.9 Å².